The van der Waals surface area contributed by atoms with E-state index in [0.29, 0.717) is 5.46 Å². The maximum Gasteiger partial charge on any atom is 0.488 e. The first kappa shape index (κ1) is 66.9. The average Bonchev–Trinajstić information content (AvgIpc) is 1.54. The van der Waals surface area contributed by atoms with Crippen LogP contribution < -0.4 is 5.46 Å². The van der Waals surface area contributed by atoms with Crippen molar-refractivity contribution >= 4 is 105 Å². The lowest BCUT2D eigenvalue weighted by atomic mass is 9.81. The zero-order valence-electron chi connectivity index (χ0n) is 59.1. The van der Waals surface area contributed by atoms with E-state index in [-0.39, 0.29) is 0 Å². The van der Waals surface area contributed by atoms with Gasteiger partial charge in [0.2, 0.25) is 0 Å². The first-order valence-electron chi connectivity index (χ1n) is 36.8. The molecule has 0 saturated heterocycles. The third-order valence-electron chi connectivity index (χ3n) is 21.2. The number of rotatable bonds is 12. The molecule has 0 saturated carbocycles. The van der Waals surface area contributed by atoms with Crippen LogP contribution in [0.4, 0.5) is 0 Å². The van der Waals surface area contributed by atoms with E-state index in [4.69, 9.17) is 10.0 Å². The molecule has 0 aliphatic heterocycles. The topological polar surface area (TPSA) is 40.5 Å². The van der Waals surface area contributed by atoms with Crippen LogP contribution in [-0.4, -0.2) is 17.2 Å². The van der Waals surface area contributed by atoms with Crippen LogP contribution in [0.25, 0.3) is 121 Å². The highest BCUT2D eigenvalue weighted by Gasteiger charge is 2.43. The number of fused-ring (bicyclic) bond motifs is 8. The van der Waals surface area contributed by atoms with Crippen LogP contribution in [0.3, 0.4) is 0 Å². The van der Waals surface area contributed by atoms with Gasteiger partial charge in [0.25, 0.3) is 0 Å². The quantitative estimate of drug-likeness (QED) is 0.120. The molecule has 4 heteroatoms. The summed E-state index contributed by atoms with van der Waals surface area (Å²) in [5.74, 6) is 0. The van der Waals surface area contributed by atoms with Crippen molar-refractivity contribution in [1.29, 1.82) is 0 Å². The lowest BCUT2D eigenvalue weighted by Gasteiger charge is -2.19. The molecule has 2 N–H and O–H groups in total. The van der Waals surface area contributed by atoms with Crippen molar-refractivity contribution in [2.24, 2.45) is 0 Å². The van der Waals surface area contributed by atoms with Gasteiger partial charge in [-0.1, -0.05) is 388 Å². The van der Waals surface area contributed by atoms with Crippen molar-refractivity contribution in [2.75, 3.05) is 0 Å². The number of allylic oxidation sites excluding steroid dienone is 10. The first-order valence-corrected chi connectivity index (χ1v) is 37.6. The normalized spacial score (nSPS) is 13.3. The largest absolute Gasteiger partial charge is 0.488 e. The van der Waals surface area contributed by atoms with Crippen molar-refractivity contribution in [3.63, 3.8) is 0 Å². The van der Waals surface area contributed by atoms with Crippen molar-refractivity contribution in [3.05, 3.63) is 485 Å². The molecular formula is C104H70BBrO2. The molecule has 0 amide bonds. The Balaban J connectivity index is 0.000000137. The summed E-state index contributed by atoms with van der Waals surface area (Å²) in [7, 11) is -1.34. The average molecular weight is 1440 g/mol. The molecule has 4 aliphatic rings. The van der Waals surface area contributed by atoms with Crippen LogP contribution >= 0.6 is 15.9 Å². The van der Waals surface area contributed by atoms with Gasteiger partial charge in [-0.3, -0.25) is 0 Å². The Morgan fingerprint density at radius 2 is 0.398 bits per heavy atom. The minimum atomic E-state index is -1.34. The summed E-state index contributed by atoms with van der Waals surface area (Å²) in [4.78, 5) is 0. The molecule has 0 fully saturated rings. The van der Waals surface area contributed by atoms with Crippen molar-refractivity contribution in [3.8, 4) is 44.5 Å². The van der Waals surface area contributed by atoms with Gasteiger partial charge in [0.1, 0.15) is 0 Å². The van der Waals surface area contributed by atoms with Crippen LogP contribution in [0.1, 0.15) is 61.2 Å². The molecule has 0 aromatic heterocycles. The molecule has 2 nitrogen and oxygen atoms in total. The van der Waals surface area contributed by atoms with Gasteiger partial charge in [0, 0.05) is 10.1 Å². The van der Waals surface area contributed by atoms with Crippen LogP contribution in [-0.2, 0) is 0 Å². The van der Waals surface area contributed by atoms with E-state index in [1.54, 1.807) is 24.3 Å². The highest BCUT2D eigenvalue weighted by atomic mass is 79.9. The fraction of sp³-hybridized carbons (Fsp3) is 0. The predicted octanol–water partition coefficient (Wildman–Crippen LogP) is 25.7. The maximum atomic E-state index is 8.58. The lowest BCUT2D eigenvalue weighted by molar-refractivity contribution is 0.426. The zero-order chi connectivity index (χ0) is 72.4. The number of hydrogen-bond acceptors (Lipinski definition) is 2. The molecule has 508 valence electrons. The summed E-state index contributed by atoms with van der Waals surface area (Å²) in [5, 5.41) is 22.2. The fourth-order valence-corrected chi connectivity index (χ4v) is 17.2. The third kappa shape index (κ3) is 12.3. The Morgan fingerprint density at radius 1 is 0.167 bits per heavy atom. The van der Waals surface area contributed by atoms with Crippen molar-refractivity contribution in [2.45, 2.75) is 0 Å². The summed E-state index contributed by atoms with van der Waals surface area (Å²) in [6, 6.07) is 148. The second-order valence-corrected chi connectivity index (χ2v) is 28.3. The van der Waals surface area contributed by atoms with E-state index in [9.17, 15) is 0 Å². The first-order chi connectivity index (χ1) is 53.4. The zero-order valence-corrected chi connectivity index (χ0v) is 60.7. The predicted molar refractivity (Wildman–Crippen MR) is 460 cm³/mol. The van der Waals surface area contributed by atoms with Gasteiger partial charge in [0.15, 0.2) is 0 Å². The molecule has 0 spiro atoms. The second kappa shape index (κ2) is 29.5. The molecule has 0 radical (unpaired) electrons. The summed E-state index contributed by atoms with van der Waals surface area (Å²) in [6.07, 6.45) is 0. The Labute approximate surface area is 639 Å². The van der Waals surface area contributed by atoms with E-state index < -0.39 is 7.12 Å². The minimum absolute atomic E-state index is 0.525. The van der Waals surface area contributed by atoms with Gasteiger partial charge < -0.3 is 10.0 Å². The molecule has 0 heterocycles. The molecule has 16 aromatic carbocycles. The van der Waals surface area contributed by atoms with Crippen LogP contribution in [0.15, 0.2) is 424 Å². The lowest BCUT2D eigenvalue weighted by Crippen LogP contribution is -2.29. The second-order valence-electron chi connectivity index (χ2n) is 27.5. The molecule has 16 aromatic rings. The van der Waals surface area contributed by atoms with Gasteiger partial charge >= 0.3 is 7.12 Å². The van der Waals surface area contributed by atoms with Gasteiger partial charge in [-0.15, -0.1) is 0 Å². The van der Waals surface area contributed by atoms with Crippen LogP contribution in [0, 0.1) is 0 Å². The Morgan fingerprint density at radius 3 is 0.731 bits per heavy atom. The van der Waals surface area contributed by atoms with Gasteiger partial charge in [0.05, 0.1) is 0 Å². The van der Waals surface area contributed by atoms with Crippen LogP contribution in [0.5, 0.6) is 0 Å². The van der Waals surface area contributed by atoms with E-state index in [0.717, 1.165) is 4.48 Å². The van der Waals surface area contributed by atoms with E-state index >= 15 is 0 Å². The van der Waals surface area contributed by atoms with Crippen molar-refractivity contribution in [1.82, 2.24) is 0 Å². The minimum Gasteiger partial charge on any atom is -0.423 e. The molecule has 0 bridgehead atoms. The summed E-state index contributed by atoms with van der Waals surface area (Å²) < 4.78 is 1.14. The summed E-state index contributed by atoms with van der Waals surface area (Å²) >= 11 is 4.23. The molecule has 0 unspecified atom stereocenters. The Hall–Kier alpha value is -13.1. The van der Waals surface area contributed by atoms with Gasteiger partial charge in [-0.05, 0) is 229 Å². The number of benzene rings is 16. The highest BCUT2D eigenvalue weighted by molar-refractivity contribution is 9.15. The number of halogens is 1. The Kier molecular flexibility index (Phi) is 18.2. The SMILES string of the molecule is BrC1=C2C(c3ccccc3)=C(c3ccccc3)C(c3cccc4ccccc34)=C2c2cc(-c3ccccc3)c(-c3ccccc3)cc21.OB(O)c1ccccc1.c1ccc(C2=C(c3ccccc3)C(c3cccc4ccccc34)=C3C2=C(c2ccccc2)c2cc(-c4ccccc4)c(-c4ccccc4)cc23)cc1. The van der Waals surface area contributed by atoms with Crippen LogP contribution in [0.2, 0.25) is 0 Å². The molecule has 108 heavy (non-hydrogen) atoms. The maximum absolute atomic E-state index is 8.58. The molecule has 4 aliphatic carbocycles. The van der Waals surface area contributed by atoms with Gasteiger partial charge in [-0.2, -0.15) is 0 Å². The standard InChI is InChI=1S/C52H34.C46H29Br.C6H7BO2/c1-6-19-36(20-7-1)43-33-45-46(34-44(43)37-21-8-2-9-22-37)51-50(42-32-18-30-35-23-16-17-31-41(35)42)48(39-26-12-4-13-27-39)49(40-28-14-5-15-29-40)52(51)47(45)38-24-10-3-11-25-38;47-46-40-29-38(32-18-7-2-8-19-32)37(31-16-5-1-6-17-31)28-39(40)44-43(36-27-15-25-30-20-13-14-26-35(30)36)41(33-21-9-3-10-22-33)42(45(44)46)34-23-11-4-12-24-34;8-7(9)6-4-2-1-3-5-6/h1-34H;1-29H;1-5,8-9H. The molecular weight excluding hydrogens is 1370 g/mol. The van der Waals surface area contributed by atoms with E-state index in [1.807, 2.05) is 6.07 Å². The Bertz CT molecular complexity index is 6280. The van der Waals surface area contributed by atoms with Crippen molar-refractivity contribution < 1.29 is 10.0 Å². The molecule has 0 atom stereocenters. The van der Waals surface area contributed by atoms with E-state index in [1.165, 1.54) is 189 Å². The summed E-state index contributed by atoms with van der Waals surface area (Å²) in [5.41, 5.74) is 38.0. The number of hydrogen-bond donors (Lipinski definition) is 2. The monoisotopic (exact) mass is 1440 g/mol. The van der Waals surface area contributed by atoms with Gasteiger partial charge in [-0.25, -0.2) is 0 Å². The summed E-state index contributed by atoms with van der Waals surface area (Å²) in [6.45, 7) is 0. The molecule has 20 rings (SSSR count). The van der Waals surface area contributed by atoms with E-state index in [2.05, 4.69) is 398 Å². The highest BCUT2D eigenvalue weighted by Crippen LogP contribution is 2.65. The fourth-order valence-electron chi connectivity index (χ4n) is 16.5. The third-order valence-corrected chi connectivity index (χ3v) is 22.0. The smallest absolute Gasteiger partial charge is 0.423 e.